The van der Waals surface area contributed by atoms with E-state index in [-0.39, 0.29) is 0 Å². The van der Waals surface area contributed by atoms with Crippen molar-refractivity contribution in [2.24, 2.45) is 0 Å². The highest BCUT2D eigenvalue weighted by Gasteiger charge is 2.22. The minimum Gasteiger partial charge on any atom is -0.455 e. The van der Waals surface area contributed by atoms with Crippen molar-refractivity contribution < 1.29 is 4.42 Å². The van der Waals surface area contributed by atoms with Gasteiger partial charge < -0.3 is 4.42 Å². The third-order valence-electron chi connectivity index (χ3n) is 9.26. The van der Waals surface area contributed by atoms with Gasteiger partial charge in [0, 0.05) is 71.2 Å². The average molecular weight is 659 g/mol. The predicted molar refractivity (Wildman–Crippen MR) is 205 cm³/mol. The molecule has 0 radical (unpaired) electrons. The van der Waals surface area contributed by atoms with Gasteiger partial charge in [0.1, 0.15) is 11.2 Å². The van der Waals surface area contributed by atoms with Gasteiger partial charge in [0.05, 0.1) is 0 Å². The van der Waals surface area contributed by atoms with Crippen LogP contribution in [0.1, 0.15) is 0 Å². The highest BCUT2D eigenvalue weighted by Crippen LogP contribution is 2.43. The average Bonchev–Trinajstić information content (AvgIpc) is 3.77. The van der Waals surface area contributed by atoms with Crippen LogP contribution in [-0.4, -0.2) is 19.9 Å². The number of hydrogen-bond donors (Lipinski definition) is 0. The number of para-hydroxylation sites is 1. The van der Waals surface area contributed by atoms with Gasteiger partial charge in [-0.3, -0.25) is 4.98 Å². The molecule has 0 N–H and O–H groups in total. The second-order valence-corrected chi connectivity index (χ2v) is 13.3. The zero-order chi connectivity index (χ0) is 33.0. The molecule has 10 rings (SSSR count). The molecule has 0 aliphatic rings. The molecule has 0 aliphatic heterocycles. The van der Waals surface area contributed by atoms with Gasteiger partial charge >= 0.3 is 0 Å². The van der Waals surface area contributed by atoms with E-state index < -0.39 is 0 Å². The first-order valence-corrected chi connectivity index (χ1v) is 17.3. The predicted octanol–water partition coefficient (Wildman–Crippen LogP) is 11.9. The van der Waals surface area contributed by atoms with Crippen molar-refractivity contribution in [1.29, 1.82) is 0 Å². The number of thiophene rings is 1. The number of fused-ring (bicyclic) bond motifs is 6. The van der Waals surface area contributed by atoms with E-state index >= 15 is 0 Å². The van der Waals surface area contributed by atoms with E-state index in [2.05, 4.69) is 89.9 Å². The molecule has 0 aliphatic carbocycles. The Labute approximate surface area is 291 Å². The van der Waals surface area contributed by atoms with E-state index in [0.29, 0.717) is 17.5 Å². The van der Waals surface area contributed by atoms with Gasteiger partial charge in [0.15, 0.2) is 17.5 Å². The minimum atomic E-state index is 0.581. The van der Waals surface area contributed by atoms with E-state index in [1.807, 2.05) is 78.2 Å². The molecule has 0 atom stereocenters. The zero-order valence-electron chi connectivity index (χ0n) is 26.6. The SMILES string of the molecule is c1ccc(-c2nc(-c3ccccc3-c3cccnc3)nc(-c3ccc(-c4ccc5c(c4)sc4ccccc45)c4oc5ccccc5c34)n2)cc1. The van der Waals surface area contributed by atoms with E-state index in [9.17, 15) is 0 Å². The number of rotatable bonds is 5. The standard InChI is InChI=1S/C44H26N4OS/c1-2-11-27(12-3-1)42-46-43(34-16-5-4-14-30(34)29-13-10-24-45-26-29)48-44(47-42)36-23-22-31(41-40(36)35-17-6-8-18-37(35)49-41)28-20-21-33-32-15-7-9-19-38(32)50-39(33)25-28/h1-26H. The number of pyridine rings is 1. The Hall–Kier alpha value is -6.50. The largest absolute Gasteiger partial charge is 0.455 e. The first kappa shape index (κ1) is 28.5. The summed E-state index contributed by atoms with van der Waals surface area (Å²) in [6, 6.07) is 50.1. The molecule has 0 unspecified atom stereocenters. The van der Waals surface area contributed by atoms with E-state index in [1.165, 1.54) is 20.2 Å². The zero-order valence-corrected chi connectivity index (χ0v) is 27.4. The van der Waals surface area contributed by atoms with Gasteiger partial charge in [-0.15, -0.1) is 11.3 Å². The van der Waals surface area contributed by atoms with E-state index in [0.717, 1.165) is 60.9 Å². The summed E-state index contributed by atoms with van der Waals surface area (Å²) in [6.07, 6.45) is 3.65. The molecule has 0 fully saturated rings. The molecule has 6 heteroatoms. The van der Waals surface area contributed by atoms with Crippen LogP contribution < -0.4 is 0 Å². The fourth-order valence-electron chi connectivity index (χ4n) is 6.92. The van der Waals surface area contributed by atoms with Crippen molar-refractivity contribution in [2.75, 3.05) is 0 Å². The Morgan fingerprint density at radius 1 is 0.440 bits per heavy atom. The number of benzene rings is 6. The number of hydrogen-bond acceptors (Lipinski definition) is 6. The number of furan rings is 1. The molecule has 4 aromatic heterocycles. The third-order valence-corrected chi connectivity index (χ3v) is 10.4. The maximum absolute atomic E-state index is 6.70. The molecule has 6 aromatic carbocycles. The fraction of sp³-hybridized carbons (Fsp3) is 0. The summed E-state index contributed by atoms with van der Waals surface area (Å²) in [5, 5.41) is 4.55. The second kappa shape index (κ2) is 11.6. The minimum absolute atomic E-state index is 0.581. The van der Waals surface area contributed by atoms with Crippen LogP contribution in [0.2, 0.25) is 0 Å². The summed E-state index contributed by atoms with van der Waals surface area (Å²) in [5.41, 5.74) is 8.46. The summed E-state index contributed by atoms with van der Waals surface area (Å²) < 4.78 is 9.24. The highest BCUT2D eigenvalue weighted by atomic mass is 32.1. The summed E-state index contributed by atoms with van der Waals surface area (Å²) >= 11 is 1.82. The van der Waals surface area contributed by atoms with Crippen LogP contribution in [0.4, 0.5) is 0 Å². The Morgan fingerprint density at radius 3 is 1.98 bits per heavy atom. The van der Waals surface area contributed by atoms with Crippen LogP contribution in [0.5, 0.6) is 0 Å². The van der Waals surface area contributed by atoms with Crippen molar-refractivity contribution in [3.8, 4) is 56.4 Å². The van der Waals surface area contributed by atoms with E-state index in [1.54, 1.807) is 6.20 Å². The van der Waals surface area contributed by atoms with E-state index in [4.69, 9.17) is 19.4 Å². The lowest BCUT2D eigenvalue weighted by molar-refractivity contribution is 0.670. The molecule has 0 bridgehead atoms. The van der Waals surface area contributed by atoms with Crippen molar-refractivity contribution in [1.82, 2.24) is 19.9 Å². The van der Waals surface area contributed by atoms with Crippen molar-refractivity contribution in [2.45, 2.75) is 0 Å². The summed E-state index contributed by atoms with van der Waals surface area (Å²) in [4.78, 5) is 19.8. The molecule has 0 saturated carbocycles. The Balaban J connectivity index is 1.22. The molecule has 0 spiro atoms. The topological polar surface area (TPSA) is 64.7 Å². The van der Waals surface area contributed by atoms with Crippen LogP contribution in [-0.2, 0) is 0 Å². The lowest BCUT2D eigenvalue weighted by Crippen LogP contribution is -2.01. The number of aromatic nitrogens is 4. The first-order chi connectivity index (χ1) is 24.8. The van der Waals surface area contributed by atoms with Crippen molar-refractivity contribution in [3.63, 3.8) is 0 Å². The summed E-state index contributed by atoms with van der Waals surface area (Å²) in [7, 11) is 0. The van der Waals surface area contributed by atoms with Gasteiger partial charge in [-0.1, -0.05) is 109 Å². The normalized spacial score (nSPS) is 11.6. The van der Waals surface area contributed by atoms with Crippen LogP contribution in [0.25, 0.3) is 98.5 Å². The van der Waals surface area contributed by atoms with Crippen LogP contribution in [0.3, 0.4) is 0 Å². The lowest BCUT2D eigenvalue weighted by Gasteiger charge is -2.13. The van der Waals surface area contributed by atoms with Gasteiger partial charge in [0.25, 0.3) is 0 Å². The van der Waals surface area contributed by atoms with Gasteiger partial charge in [0.2, 0.25) is 0 Å². The quantitative estimate of drug-likeness (QED) is 0.184. The molecule has 234 valence electrons. The third kappa shape index (κ3) is 4.69. The second-order valence-electron chi connectivity index (χ2n) is 12.2. The molecule has 5 nitrogen and oxygen atoms in total. The Morgan fingerprint density at radius 2 is 1.12 bits per heavy atom. The van der Waals surface area contributed by atoms with Crippen molar-refractivity contribution in [3.05, 3.63) is 158 Å². The van der Waals surface area contributed by atoms with Gasteiger partial charge in [-0.25, -0.2) is 15.0 Å². The van der Waals surface area contributed by atoms with Crippen molar-refractivity contribution >= 4 is 53.4 Å². The molecule has 0 saturated heterocycles. The molecule has 4 heterocycles. The molecular formula is C44H26N4OS. The van der Waals surface area contributed by atoms with Gasteiger partial charge in [-0.2, -0.15) is 0 Å². The Bertz CT molecular complexity index is 2880. The molecule has 0 amide bonds. The van der Waals surface area contributed by atoms with Crippen LogP contribution in [0, 0.1) is 0 Å². The van der Waals surface area contributed by atoms with Crippen LogP contribution >= 0.6 is 11.3 Å². The smallest absolute Gasteiger partial charge is 0.164 e. The fourth-order valence-corrected chi connectivity index (χ4v) is 8.07. The highest BCUT2D eigenvalue weighted by molar-refractivity contribution is 7.25. The molecular weight excluding hydrogens is 633 g/mol. The Kier molecular flexibility index (Phi) is 6.60. The lowest BCUT2D eigenvalue weighted by atomic mass is 9.97. The number of nitrogens with zero attached hydrogens (tertiary/aromatic N) is 4. The van der Waals surface area contributed by atoms with Gasteiger partial charge in [-0.05, 0) is 47.5 Å². The molecule has 50 heavy (non-hydrogen) atoms. The summed E-state index contributed by atoms with van der Waals surface area (Å²) in [5.74, 6) is 1.78. The molecule has 10 aromatic rings. The summed E-state index contributed by atoms with van der Waals surface area (Å²) in [6.45, 7) is 0. The van der Waals surface area contributed by atoms with Crippen LogP contribution in [0.15, 0.2) is 162 Å². The maximum Gasteiger partial charge on any atom is 0.164 e. The first-order valence-electron chi connectivity index (χ1n) is 16.5. The monoisotopic (exact) mass is 658 g/mol. The maximum atomic E-state index is 6.70.